The highest BCUT2D eigenvalue weighted by atomic mass is 19.1. The quantitative estimate of drug-likeness (QED) is 0.918. The lowest BCUT2D eigenvalue weighted by atomic mass is 9.89. The van der Waals surface area contributed by atoms with Gasteiger partial charge in [-0.1, -0.05) is 24.3 Å². The van der Waals surface area contributed by atoms with E-state index < -0.39 is 11.4 Å². The highest BCUT2D eigenvalue weighted by Gasteiger charge is 2.25. The van der Waals surface area contributed by atoms with Gasteiger partial charge in [0.1, 0.15) is 5.75 Å². The maximum atomic E-state index is 14.2. The smallest absolute Gasteiger partial charge is 0.168 e. The van der Waals surface area contributed by atoms with Crippen molar-refractivity contribution in [2.45, 2.75) is 18.9 Å². The monoisotopic (exact) mass is 290 g/mol. The van der Waals surface area contributed by atoms with E-state index in [4.69, 9.17) is 9.47 Å². The molecule has 1 atom stereocenters. The van der Waals surface area contributed by atoms with Crippen LogP contribution >= 0.6 is 0 Å². The topological polar surface area (TPSA) is 38.7 Å². The number of halogens is 1. The van der Waals surface area contributed by atoms with Crippen LogP contribution in [-0.2, 0) is 12.0 Å². The molecule has 0 saturated heterocycles. The molecule has 3 nitrogen and oxygen atoms in total. The molecular formula is C17H19FO3. The summed E-state index contributed by atoms with van der Waals surface area (Å²) in [6.07, 6.45) is 0.155. The maximum absolute atomic E-state index is 14.2. The summed E-state index contributed by atoms with van der Waals surface area (Å²) in [7, 11) is 3.00. The van der Waals surface area contributed by atoms with Crippen molar-refractivity contribution in [2.24, 2.45) is 0 Å². The molecule has 0 spiro atoms. The van der Waals surface area contributed by atoms with Crippen molar-refractivity contribution in [1.82, 2.24) is 0 Å². The lowest BCUT2D eigenvalue weighted by Gasteiger charge is -2.24. The first-order chi connectivity index (χ1) is 9.97. The van der Waals surface area contributed by atoms with Crippen LogP contribution in [0, 0.1) is 5.82 Å². The third-order valence-electron chi connectivity index (χ3n) is 3.51. The van der Waals surface area contributed by atoms with Gasteiger partial charge in [0.2, 0.25) is 0 Å². The van der Waals surface area contributed by atoms with Gasteiger partial charge in [-0.15, -0.1) is 0 Å². The van der Waals surface area contributed by atoms with Crippen LogP contribution in [0.2, 0.25) is 0 Å². The average molecular weight is 290 g/mol. The summed E-state index contributed by atoms with van der Waals surface area (Å²) in [5.74, 6) is 0.453. The molecule has 2 rings (SSSR count). The van der Waals surface area contributed by atoms with Crippen molar-refractivity contribution in [3.8, 4) is 11.5 Å². The Kier molecular flexibility index (Phi) is 4.48. The van der Waals surface area contributed by atoms with Gasteiger partial charge in [0.05, 0.1) is 19.8 Å². The predicted molar refractivity (Wildman–Crippen MR) is 79.2 cm³/mol. The van der Waals surface area contributed by atoms with E-state index in [-0.39, 0.29) is 12.2 Å². The van der Waals surface area contributed by atoms with E-state index in [2.05, 4.69) is 0 Å². The Balaban J connectivity index is 2.27. The van der Waals surface area contributed by atoms with Gasteiger partial charge in [0.15, 0.2) is 11.6 Å². The fourth-order valence-corrected chi connectivity index (χ4v) is 2.27. The first kappa shape index (κ1) is 15.3. The van der Waals surface area contributed by atoms with Crippen molar-refractivity contribution < 1.29 is 19.0 Å². The summed E-state index contributed by atoms with van der Waals surface area (Å²) in [5.41, 5.74) is -0.0693. The molecule has 0 saturated carbocycles. The number of rotatable bonds is 5. The first-order valence-corrected chi connectivity index (χ1v) is 6.66. The second-order valence-corrected chi connectivity index (χ2v) is 5.11. The van der Waals surface area contributed by atoms with Crippen LogP contribution in [0.3, 0.4) is 0 Å². The number of hydrogen-bond acceptors (Lipinski definition) is 3. The van der Waals surface area contributed by atoms with Gasteiger partial charge in [-0.25, -0.2) is 4.39 Å². The van der Waals surface area contributed by atoms with Gasteiger partial charge in [-0.2, -0.15) is 0 Å². The Bertz CT molecular complexity index is 606. The minimum absolute atomic E-state index is 0.155. The zero-order chi connectivity index (χ0) is 15.5. The van der Waals surface area contributed by atoms with E-state index in [0.717, 1.165) is 0 Å². The van der Waals surface area contributed by atoms with Crippen molar-refractivity contribution in [3.05, 3.63) is 59.4 Å². The summed E-state index contributed by atoms with van der Waals surface area (Å²) in [4.78, 5) is 0. The van der Waals surface area contributed by atoms with Crippen molar-refractivity contribution in [3.63, 3.8) is 0 Å². The SMILES string of the molecule is COc1ccc(C(C)(O)Cc2cccc(OC)c2F)cc1. The normalized spacial score (nSPS) is 13.6. The van der Waals surface area contributed by atoms with Crippen LogP contribution in [0.5, 0.6) is 11.5 Å². The standard InChI is InChI=1S/C17H19FO3/c1-17(19,13-7-9-14(20-2)10-8-13)11-12-5-4-6-15(21-3)16(12)18/h4-10,19H,11H2,1-3H3. The summed E-state index contributed by atoms with van der Waals surface area (Å²) >= 11 is 0. The first-order valence-electron chi connectivity index (χ1n) is 6.66. The number of benzene rings is 2. The van der Waals surface area contributed by atoms with E-state index >= 15 is 0 Å². The fourth-order valence-electron chi connectivity index (χ4n) is 2.27. The van der Waals surface area contributed by atoms with E-state index in [1.807, 2.05) is 0 Å². The fraction of sp³-hybridized carbons (Fsp3) is 0.294. The highest BCUT2D eigenvalue weighted by molar-refractivity contribution is 5.35. The van der Waals surface area contributed by atoms with Crippen LogP contribution in [0.1, 0.15) is 18.1 Å². The van der Waals surface area contributed by atoms with E-state index in [1.54, 1.807) is 56.5 Å². The largest absolute Gasteiger partial charge is 0.497 e. The second-order valence-electron chi connectivity index (χ2n) is 5.11. The average Bonchev–Trinajstić information content (AvgIpc) is 2.49. The lowest BCUT2D eigenvalue weighted by molar-refractivity contribution is 0.0565. The van der Waals surface area contributed by atoms with Crippen LogP contribution in [0.4, 0.5) is 4.39 Å². The van der Waals surface area contributed by atoms with Crippen molar-refractivity contribution in [2.75, 3.05) is 14.2 Å². The van der Waals surface area contributed by atoms with Crippen LogP contribution < -0.4 is 9.47 Å². The van der Waals surface area contributed by atoms with E-state index in [1.165, 1.54) is 7.11 Å². The van der Waals surface area contributed by atoms with Crippen LogP contribution in [0.15, 0.2) is 42.5 Å². The van der Waals surface area contributed by atoms with Crippen LogP contribution in [0.25, 0.3) is 0 Å². The maximum Gasteiger partial charge on any atom is 0.168 e. The summed E-state index contributed by atoms with van der Waals surface area (Å²) in [6.45, 7) is 1.66. The zero-order valence-electron chi connectivity index (χ0n) is 12.4. The second kappa shape index (κ2) is 6.14. The third kappa shape index (κ3) is 3.34. The van der Waals surface area contributed by atoms with Gasteiger partial charge in [-0.05, 0) is 36.2 Å². The Labute approximate surface area is 124 Å². The highest BCUT2D eigenvalue weighted by Crippen LogP contribution is 2.30. The summed E-state index contributed by atoms with van der Waals surface area (Å²) in [6, 6.07) is 12.0. The van der Waals surface area contributed by atoms with Gasteiger partial charge >= 0.3 is 0 Å². The molecule has 21 heavy (non-hydrogen) atoms. The molecule has 2 aromatic rings. The number of ether oxygens (including phenoxy) is 2. The number of methoxy groups -OCH3 is 2. The molecule has 4 heteroatoms. The Morgan fingerprint density at radius 2 is 1.71 bits per heavy atom. The molecule has 2 aromatic carbocycles. The molecule has 0 bridgehead atoms. The molecule has 0 radical (unpaired) electrons. The molecule has 0 aliphatic carbocycles. The Morgan fingerprint density at radius 3 is 2.29 bits per heavy atom. The molecule has 0 aliphatic heterocycles. The molecule has 0 aromatic heterocycles. The van der Waals surface area contributed by atoms with Crippen molar-refractivity contribution in [1.29, 1.82) is 0 Å². The molecule has 0 heterocycles. The lowest BCUT2D eigenvalue weighted by Crippen LogP contribution is -2.24. The van der Waals surface area contributed by atoms with E-state index in [9.17, 15) is 9.50 Å². The Morgan fingerprint density at radius 1 is 1.05 bits per heavy atom. The predicted octanol–water partition coefficient (Wildman–Crippen LogP) is 3.29. The molecule has 0 aliphatic rings. The third-order valence-corrected chi connectivity index (χ3v) is 3.51. The molecule has 0 amide bonds. The van der Waals surface area contributed by atoms with Crippen molar-refractivity contribution >= 4 is 0 Å². The van der Waals surface area contributed by atoms with Crippen LogP contribution in [-0.4, -0.2) is 19.3 Å². The molecule has 112 valence electrons. The minimum Gasteiger partial charge on any atom is -0.497 e. The summed E-state index contributed by atoms with van der Waals surface area (Å²) in [5, 5.41) is 10.6. The molecule has 1 unspecified atom stereocenters. The number of hydrogen-bond donors (Lipinski definition) is 1. The zero-order valence-corrected chi connectivity index (χ0v) is 12.4. The minimum atomic E-state index is -1.18. The molecular weight excluding hydrogens is 271 g/mol. The van der Waals surface area contributed by atoms with Gasteiger partial charge in [0, 0.05) is 6.42 Å². The molecule has 0 fully saturated rings. The number of aliphatic hydroxyl groups is 1. The van der Waals surface area contributed by atoms with Gasteiger partial charge < -0.3 is 14.6 Å². The van der Waals surface area contributed by atoms with Gasteiger partial charge in [0.25, 0.3) is 0 Å². The van der Waals surface area contributed by atoms with E-state index in [0.29, 0.717) is 16.9 Å². The van der Waals surface area contributed by atoms with Gasteiger partial charge in [-0.3, -0.25) is 0 Å². The molecule has 1 N–H and O–H groups in total. The summed E-state index contributed by atoms with van der Waals surface area (Å²) < 4.78 is 24.2. The Hall–Kier alpha value is -2.07.